The normalized spacial score (nSPS) is 12.6. The molecule has 0 aromatic carbocycles. The van der Waals surface area contributed by atoms with Crippen molar-refractivity contribution in [1.82, 2.24) is 0 Å². The van der Waals surface area contributed by atoms with Crippen LogP contribution in [0.3, 0.4) is 0 Å². The monoisotopic (exact) mass is 1160 g/mol. The van der Waals surface area contributed by atoms with Crippen molar-refractivity contribution < 1.29 is 28.6 Å². The average Bonchev–Trinajstić information content (AvgIpc) is 3.49. The molecule has 1 atom stereocenters. The van der Waals surface area contributed by atoms with Crippen LogP contribution in [0.25, 0.3) is 0 Å². The molecule has 0 saturated heterocycles. The lowest BCUT2D eigenvalue weighted by molar-refractivity contribution is -0.167. The molecule has 0 saturated carbocycles. The van der Waals surface area contributed by atoms with Gasteiger partial charge in [0.05, 0.1) is 0 Å². The summed E-state index contributed by atoms with van der Waals surface area (Å²) < 4.78 is 17.0. The van der Waals surface area contributed by atoms with Crippen LogP contribution in [0.2, 0.25) is 0 Å². The third-order valence-corrected chi connectivity index (χ3v) is 15.9. The number of hydrogen-bond acceptors (Lipinski definition) is 6. The maximum Gasteiger partial charge on any atom is 0.306 e. The Hall–Kier alpha value is -3.41. The molecule has 0 aromatic heterocycles. The van der Waals surface area contributed by atoms with Gasteiger partial charge in [0.15, 0.2) is 6.10 Å². The molecule has 480 valence electrons. The summed E-state index contributed by atoms with van der Waals surface area (Å²) in [6, 6.07) is 0. The number of unbranched alkanes of at least 4 members (excludes halogenated alkanes) is 41. The summed E-state index contributed by atoms with van der Waals surface area (Å²) in [5, 5.41) is 0. The SMILES string of the molecule is CC/C=C\C/C=C\C/C=C\C/C=C\C/C=C\CCCCCCCCCCCCCCCCCCCC(=O)OCC(COC(=O)CCCCCCCCCCCCCCC)OC(=O)CCCCCCCCCCC/C=C\C/C=C\CCCCC. The zero-order chi connectivity index (χ0) is 59.9. The average molecular weight is 1160 g/mol. The Labute approximate surface area is 515 Å². The molecule has 0 amide bonds. The lowest BCUT2D eigenvalue weighted by Crippen LogP contribution is -2.30. The van der Waals surface area contributed by atoms with E-state index in [0.717, 1.165) is 96.3 Å². The molecule has 6 nitrogen and oxygen atoms in total. The van der Waals surface area contributed by atoms with Crippen LogP contribution >= 0.6 is 0 Å². The van der Waals surface area contributed by atoms with E-state index in [4.69, 9.17) is 14.2 Å². The van der Waals surface area contributed by atoms with Crippen molar-refractivity contribution in [2.45, 2.75) is 374 Å². The van der Waals surface area contributed by atoms with Crippen LogP contribution in [0, 0.1) is 0 Å². The first-order valence-electron chi connectivity index (χ1n) is 36.1. The maximum atomic E-state index is 12.9. The summed E-state index contributed by atoms with van der Waals surface area (Å²) in [5.41, 5.74) is 0. The first-order valence-corrected chi connectivity index (χ1v) is 36.1. The van der Waals surface area contributed by atoms with Gasteiger partial charge in [-0.2, -0.15) is 0 Å². The van der Waals surface area contributed by atoms with Gasteiger partial charge in [-0.1, -0.05) is 337 Å². The Kier molecular flexibility index (Phi) is 68.2. The summed E-state index contributed by atoms with van der Waals surface area (Å²) in [7, 11) is 0. The van der Waals surface area contributed by atoms with E-state index in [1.54, 1.807) is 0 Å². The van der Waals surface area contributed by atoms with E-state index in [1.807, 2.05) is 0 Å². The Morgan fingerprint density at radius 1 is 0.253 bits per heavy atom. The van der Waals surface area contributed by atoms with Crippen LogP contribution in [0.15, 0.2) is 85.1 Å². The minimum absolute atomic E-state index is 0.0720. The van der Waals surface area contributed by atoms with Crippen LogP contribution in [-0.2, 0) is 28.6 Å². The molecule has 0 aliphatic carbocycles. The van der Waals surface area contributed by atoms with Gasteiger partial charge in [0, 0.05) is 19.3 Å². The summed E-state index contributed by atoms with van der Waals surface area (Å²) in [4.78, 5) is 38.4. The quantitative estimate of drug-likeness (QED) is 0.0261. The van der Waals surface area contributed by atoms with Crippen molar-refractivity contribution in [1.29, 1.82) is 0 Å². The summed E-state index contributed by atoms with van der Waals surface area (Å²) in [6.45, 7) is 6.55. The molecule has 1 unspecified atom stereocenters. The zero-order valence-electron chi connectivity index (χ0n) is 55.2. The second kappa shape index (κ2) is 71.1. The molecule has 0 aliphatic heterocycles. The van der Waals surface area contributed by atoms with Crippen LogP contribution in [0.5, 0.6) is 0 Å². The molecule has 0 rings (SSSR count). The van der Waals surface area contributed by atoms with Gasteiger partial charge < -0.3 is 14.2 Å². The minimum atomic E-state index is -0.776. The lowest BCUT2D eigenvalue weighted by atomic mass is 10.0. The molecule has 0 spiro atoms. The molecule has 0 fully saturated rings. The molecule has 0 bridgehead atoms. The van der Waals surface area contributed by atoms with Crippen molar-refractivity contribution in [3.05, 3.63) is 85.1 Å². The second-order valence-electron chi connectivity index (χ2n) is 24.1. The van der Waals surface area contributed by atoms with Gasteiger partial charge in [0.25, 0.3) is 0 Å². The highest BCUT2D eigenvalue weighted by atomic mass is 16.6. The maximum absolute atomic E-state index is 12.9. The predicted octanol–water partition coefficient (Wildman–Crippen LogP) is 25.0. The second-order valence-corrected chi connectivity index (χ2v) is 24.1. The molecule has 0 aliphatic rings. The van der Waals surface area contributed by atoms with Crippen LogP contribution in [0.4, 0.5) is 0 Å². The minimum Gasteiger partial charge on any atom is -0.462 e. The van der Waals surface area contributed by atoms with Gasteiger partial charge >= 0.3 is 17.9 Å². The van der Waals surface area contributed by atoms with E-state index in [2.05, 4.69) is 106 Å². The van der Waals surface area contributed by atoms with E-state index in [1.165, 1.54) is 231 Å². The van der Waals surface area contributed by atoms with Gasteiger partial charge in [-0.15, -0.1) is 0 Å². The first-order chi connectivity index (χ1) is 41.0. The molecule has 0 radical (unpaired) electrons. The lowest BCUT2D eigenvalue weighted by Gasteiger charge is -2.18. The largest absolute Gasteiger partial charge is 0.462 e. The highest BCUT2D eigenvalue weighted by Crippen LogP contribution is 2.18. The number of carbonyl (C=O) groups is 3. The predicted molar refractivity (Wildman–Crippen MR) is 362 cm³/mol. The van der Waals surface area contributed by atoms with E-state index in [0.29, 0.717) is 19.3 Å². The topological polar surface area (TPSA) is 78.9 Å². The molecule has 83 heavy (non-hydrogen) atoms. The molecular weight excluding hydrogens is 1020 g/mol. The Morgan fingerprint density at radius 3 is 0.759 bits per heavy atom. The highest BCUT2D eigenvalue weighted by molar-refractivity contribution is 5.71. The number of esters is 3. The fourth-order valence-electron chi connectivity index (χ4n) is 10.5. The van der Waals surface area contributed by atoms with E-state index >= 15 is 0 Å². The molecule has 6 heteroatoms. The number of ether oxygens (including phenoxy) is 3. The fourth-order valence-corrected chi connectivity index (χ4v) is 10.5. The number of allylic oxidation sites excluding steroid dienone is 14. The van der Waals surface area contributed by atoms with Gasteiger partial charge in [-0.25, -0.2) is 0 Å². The summed E-state index contributed by atoms with van der Waals surface area (Å²) in [5.74, 6) is -0.854. The van der Waals surface area contributed by atoms with Crippen LogP contribution in [0.1, 0.15) is 367 Å². The van der Waals surface area contributed by atoms with Gasteiger partial charge in [0.2, 0.25) is 0 Å². The molecule has 0 heterocycles. The third kappa shape index (κ3) is 69.3. The van der Waals surface area contributed by atoms with Gasteiger partial charge in [0.1, 0.15) is 13.2 Å². The Bertz CT molecular complexity index is 1570. The number of rotatable bonds is 66. The summed E-state index contributed by atoms with van der Waals surface area (Å²) in [6.07, 6.45) is 94.7. The smallest absolute Gasteiger partial charge is 0.306 e. The zero-order valence-corrected chi connectivity index (χ0v) is 55.2. The molecular formula is C77H136O6. The fraction of sp³-hybridized carbons (Fsp3) is 0.779. The van der Waals surface area contributed by atoms with Crippen molar-refractivity contribution in [2.75, 3.05) is 13.2 Å². The van der Waals surface area contributed by atoms with Gasteiger partial charge in [-0.3, -0.25) is 14.4 Å². The van der Waals surface area contributed by atoms with Crippen LogP contribution in [-0.4, -0.2) is 37.2 Å². The molecule has 0 N–H and O–H groups in total. The van der Waals surface area contributed by atoms with Gasteiger partial charge in [-0.05, 0) is 96.3 Å². The van der Waals surface area contributed by atoms with E-state index < -0.39 is 6.10 Å². The number of carbonyl (C=O) groups excluding carboxylic acids is 3. The summed E-state index contributed by atoms with van der Waals surface area (Å²) >= 11 is 0. The highest BCUT2D eigenvalue weighted by Gasteiger charge is 2.19. The Morgan fingerprint density at radius 2 is 0.470 bits per heavy atom. The van der Waals surface area contributed by atoms with Crippen molar-refractivity contribution in [3.8, 4) is 0 Å². The van der Waals surface area contributed by atoms with Crippen molar-refractivity contribution in [2.24, 2.45) is 0 Å². The van der Waals surface area contributed by atoms with E-state index in [-0.39, 0.29) is 31.1 Å². The first kappa shape index (κ1) is 79.6. The third-order valence-electron chi connectivity index (χ3n) is 15.9. The van der Waals surface area contributed by atoms with E-state index in [9.17, 15) is 14.4 Å². The van der Waals surface area contributed by atoms with Crippen molar-refractivity contribution in [3.63, 3.8) is 0 Å². The standard InChI is InChI=1S/C77H136O6/c1-4-7-10-13-16-19-22-25-27-29-31-32-33-34-35-36-37-38-39-40-41-42-43-44-46-47-49-52-55-58-61-64-67-70-76(79)82-73-74(72-81-75(78)69-66-63-60-57-54-51-24-21-18-15-12-9-6-3)83-77(80)71-68-65-62-59-56-53-50-48-45-30-28-26-23-20-17-14-11-8-5-2/h7,10,16-17,19-20,25-28,31-32,34-35,74H,4-6,8-9,11-15,18,21-24,29-30,33,36-73H2,1-3H3/b10-7-,19-16-,20-17-,27-25-,28-26-,32-31-,35-34-. The number of hydrogen-bond donors (Lipinski definition) is 0. The van der Waals surface area contributed by atoms with Crippen molar-refractivity contribution >= 4 is 17.9 Å². The Balaban J connectivity index is 4.17. The van der Waals surface area contributed by atoms with Crippen LogP contribution < -0.4 is 0 Å². The molecule has 0 aromatic rings.